The third-order valence-electron chi connectivity index (χ3n) is 4.83. The zero-order valence-corrected chi connectivity index (χ0v) is 17.4. The molecule has 2 heterocycles. The fourth-order valence-electron chi connectivity index (χ4n) is 3.41. The van der Waals surface area contributed by atoms with Gasteiger partial charge in [-0.25, -0.2) is 0 Å². The number of fused-ring (bicyclic) bond motifs is 1. The SMILES string of the molecule is CCCNC(=S)N(Cc1cc2cc(OCC)ccc2[nH]c1=O)C[C@@H]1CCCO1. The zero-order valence-electron chi connectivity index (χ0n) is 16.6. The molecule has 1 aliphatic rings. The lowest BCUT2D eigenvalue weighted by atomic mass is 10.1. The molecule has 0 bridgehead atoms. The van der Waals surface area contributed by atoms with Gasteiger partial charge in [0.2, 0.25) is 0 Å². The molecule has 1 aromatic carbocycles. The summed E-state index contributed by atoms with van der Waals surface area (Å²) in [5, 5.41) is 4.89. The number of thiocarbonyl (C=S) groups is 1. The van der Waals surface area contributed by atoms with Crippen molar-refractivity contribution in [1.82, 2.24) is 15.2 Å². The van der Waals surface area contributed by atoms with Crippen molar-refractivity contribution in [3.63, 3.8) is 0 Å². The van der Waals surface area contributed by atoms with Crippen LogP contribution < -0.4 is 15.6 Å². The minimum atomic E-state index is -0.0905. The third-order valence-corrected chi connectivity index (χ3v) is 5.23. The first-order valence-electron chi connectivity index (χ1n) is 10.0. The lowest BCUT2D eigenvalue weighted by Gasteiger charge is -2.28. The molecular formula is C21H29N3O3S. The summed E-state index contributed by atoms with van der Waals surface area (Å²) in [7, 11) is 0. The van der Waals surface area contributed by atoms with Crippen molar-refractivity contribution >= 4 is 28.2 Å². The molecule has 3 rings (SSSR count). The van der Waals surface area contributed by atoms with E-state index in [4.69, 9.17) is 21.7 Å². The fourth-order valence-corrected chi connectivity index (χ4v) is 3.65. The number of pyridine rings is 1. The van der Waals surface area contributed by atoms with Crippen molar-refractivity contribution in [1.29, 1.82) is 0 Å². The Morgan fingerprint density at radius 1 is 1.39 bits per heavy atom. The van der Waals surface area contributed by atoms with Crippen LogP contribution in [-0.4, -0.2) is 47.4 Å². The minimum Gasteiger partial charge on any atom is -0.494 e. The Morgan fingerprint density at radius 2 is 2.25 bits per heavy atom. The number of benzene rings is 1. The predicted molar refractivity (Wildman–Crippen MR) is 116 cm³/mol. The molecule has 1 aromatic heterocycles. The van der Waals surface area contributed by atoms with E-state index in [0.29, 0.717) is 30.4 Å². The monoisotopic (exact) mass is 403 g/mol. The molecule has 2 aromatic rings. The van der Waals surface area contributed by atoms with E-state index in [-0.39, 0.29) is 11.7 Å². The van der Waals surface area contributed by atoms with Crippen LogP contribution in [0.25, 0.3) is 10.9 Å². The highest BCUT2D eigenvalue weighted by Gasteiger charge is 2.22. The number of hydrogen-bond donors (Lipinski definition) is 2. The van der Waals surface area contributed by atoms with Crippen LogP contribution in [0.15, 0.2) is 29.1 Å². The highest BCUT2D eigenvalue weighted by molar-refractivity contribution is 7.80. The maximum absolute atomic E-state index is 12.6. The highest BCUT2D eigenvalue weighted by atomic mass is 32.1. The molecule has 0 saturated carbocycles. The molecule has 0 amide bonds. The van der Waals surface area contributed by atoms with E-state index in [2.05, 4.69) is 17.2 Å². The molecule has 6 nitrogen and oxygen atoms in total. The summed E-state index contributed by atoms with van der Waals surface area (Å²) in [6.07, 6.45) is 3.25. The Kier molecular flexibility index (Phi) is 7.28. The first kappa shape index (κ1) is 20.6. The van der Waals surface area contributed by atoms with Crippen LogP contribution >= 0.6 is 12.2 Å². The molecule has 1 fully saturated rings. The Hall–Kier alpha value is -2.12. The average molecular weight is 404 g/mol. The molecule has 152 valence electrons. The zero-order chi connectivity index (χ0) is 19.9. The van der Waals surface area contributed by atoms with Gasteiger partial charge in [0.25, 0.3) is 5.56 Å². The number of nitrogens with one attached hydrogen (secondary N) is 2. The van der Waals surface area contributed by atoms with Crippen LogP contribution in [0, 0.1) is 0 Å². The number of nitrogens with zero attached hydrogens (tertiary/aromatic N) is 1. The maximum Gasteiger partial charge on any atom is 0.253 e. The minimum absolute atomic E-state index is 0.0905. The van der Waals surface area contributed by atoms with Crippen molar-refractivity contribution in [3.8, 4) is 5.75 Å². The first-order valence-corrected chi connectivity index (χ1v) is 10.4. The van der Waals surface area contributed by atoms with Gasteiger partial charge in [-0.2, -0.15) is 0 Å². The number of aromatic amines is 1. The summed E-state index contributed by atoms with van der Waals surface area (Å²) in [5.74, 6) is 0.796. The molecule has 1 aliphatic heterocycles. The first-order chi connectivity index (χ1) is 13.6. The van der Waals surface area contributed by atoms with Gasteiger partial charge in [0, 0.05) is 36.2 Å². The van der Waals surface area contributed by atoms with E-state index >= 15 is 0 Å². The van der Waals surface area contributed by atoms with Gasteiger partial charge in [-0.3, -0.25) is 4.79 Å². The van der Waals surface area contributed by atoms with Crippen molar-refractivity contribution < 1.29 is 9.47 Å². The summed E-state index contributed by atoms with van der Waals surface area (Å²) in [5.41, 5.74) is 1.39. The Balaban J connectivity index is 1.84. The molecule has 7 heteroatoms. The lowest BCUT2D eigenvalue weighted by Crippen LogP contribution is -2.44. The van der Waals surface area contributed by atoms with E-state index in [1.165, 1.54) is 0 Å². The summed E-state index contributed by atoms with van der Waals surface area (Å²) in [6.45, 7) is 7.40. The quantitative estimate of drug-likeness (QED) is 0.660. The van der Waals surface area contributed by atoms with Gasteiger partial charge in [-0.05, 0) is 62.7 Å². The second-order valence-corrected chi connectivity index (χ2v) is 7.44. The molecule has 1 saturated heterocycles. The van der Waals surface area contributed by atoms with Gasteiger partial charge in [0.1, 0.15) is 5.75 Å². The van der Waals surface area contributed by atoms with Crippen LogP contribution in [-0.2, 0) is 11.3 Å². The molecule has 0 aliphatic carbocycles. The molecule has 1 atom stereocenters. The van der Waals surface area contributed by atoms with Crippen LogP contribution in [0.3, 0.4) is 0 Å². The van der Waals surface area contributed by atoms with Gasteiger partial charge in [-0.1, -0.05) is 6.92 Å². The normalized spacial score (nSPS) is 16.3. The van der Waals surface area contributed by atoms with E-state index in [0.717, 1.165) is 49.1 Å². The van der Waals surface area contributed by atoms with Gasteiger partial charge in [0.15, 0.2) is 5.11 Å². The number of H-pyrrole nitrogens is 1. The summed E-state index contributed by atoms with van der Waals surface area (Å²) in [6, 6.07) is 7.63. The topological polar surface area (TPSA) is 66.6 Å². The predicted octanol–water partition coefficient (Wildman–Crippen LogP) is 3.19. The maximum atomic E-state index is 12.6. The van der Waals surface area contributed by atoms with Crippen molar-refractivity contribution in [2.75, 3.05) is 26.3 Å². The van der Waals surface area contributed by atoms with E-state index in [1.54, 1.807) is 0 Å². The standard InChI is InChI=1S/C21H29N3O3S/c1-3-9-22-21(28)24(14-18-6-5-10-27-18)13-16-11-15-12-17(26-4-2)7-8-19(15)23-20(16)25/h7-8,11-12,18H,3-6,9-10,13-14H2,1-2H3,(H,22,28)(H,23,25)/t18-/m0/s1. The lowest BCUT2D eigenvalue weighted by molar-refractivity contribution is 0.0897. The molecule has 28 heavy (non-hydrogen) atoms. The van der Waals surface area contributed by atoms with Crippen LogP contribution in [0.4, 0.5) is 0 Å². The van der Waals surface area contributed by atoms with Gasteiger partial charge in [-0.15, -0.1) is 0 Å². The third kappa shape index (κ3) is 5.23. The van der Waals surface area contributed by atoms with E-state index in [1.807, 2.05) is 36.1 Å². The van der Waals surface area contributed by atoms with Crippen molar-refractivity contribution in [2.45, 2.75) is 45.8 Å². The van der Waals surface area contributed by atoms with E-state index in [9.17, 15) is 4.79 Å². The molecule has 2 N–H and O–H groups in total. The van der Waals surface area contributed by atoms with E-state index < -0.39 is 0 Å². The second-order valence-electron chi connectivity index (χ2n) is 7.05. The van der Waals surface area contributed by atoms with Crippen LogP contribution in [0.2, 0.25) is 0 Å². The van der Waals surface area contributed by atoms with Gasteiger partial charge < -0.3 is 24.7 Å². The number of hydrogen-bond acceptors (Lipinski definition) is 4. The fraction of sp³-hybridized carbons (Fsp3) is 0.524. The molecule has 0 spiro atoms. The Labute approximate surface area is 171 Å². The van der Waals surface area contributed by atoms with Crippen LogP contribution in [0.1, 0.15) is 38.7 Å². The molecule has 0 radical (unpaired) electrons. The number of rotatable bonds is 8. The highest BCUT2D eigenvalue weighted by Crippen LogP contribution is 2.20. The molecule has 0 unspecified atom stereocenters. The summed E-state index contributed by atoms with van der Waals surface area (Å²) < 4.78 is 11.4. The Bertz CT molecular complexity index is 862. The van der Waals surface area contributed by atoms with Gasteiger partial charge in [0.05, 0.1) is 19.3 Å². The average Bonchev–Trinajstić information content (AvgIpc) is 3.19. The summed E-state index contributed by atoms with van der Waals surface area (Å²) >= 11 is 5.60. The largest absolute Gasteiger partial charge is 0.494 e. The van der Waals surface area contributed by atoms with Crippen LogP contribution in [0.5, 0.6) is 5.75 Å². The Morgan fingerprint density at radius 3 is 2.96 bits per heavy atom. The smallest absolute Gasteiger partial charge is 0.253 e. The molecular weight excluding hydrogens is 374 g/mol. The second kappa shape index (κ2) is 9.89. The number of ether oxygens (including phenoxy) is 2. The summed E-state index contributed by atoms with van der Waals surface area (Å²) in [4.78, 5) is 17.7. The van der Waals surface area contributed by atoms with Crippen molar-refractivity contribution in [3.05, 3.63) is 40.2 Å². The van der Waals surface area contributed by atoms with Gasteiger partial charge >= 0.3 is 0 Å². The van der Waals surface area contributed by atoms with Crippen molar-refractivity contribution in [2.24, 2.45) is 0 Å². The number of aromatic nitrogens is 1.